The van der Waals surface area contributed by atoms with Gasteiger partial charge in [-0.25, -0.2) is 4.98 Å². The predicted octanol–water partition coefficient (Wildman–Crippen LogP) is 3.72. The summed E-state index contributed by atoms with van der Waals surface area (Å²) in [5.41, 5.74) is 2.85. The molecule has 1 aromatic heterocycles. The van der Waals surface area contributed by atoms with Gasteiger partial charge in [0.15, 0.2) is 6.39 Å². The number of aromatic nitrogens is 1. The highest BCUT2D eigenvalue weighted by Gasteiger charge is 2.58. The SMILES string of the molecule is Cc1ncoc1C(=O)N1CC[C@@]2(C(=O)Nc3ccccc32)[C@@H]1CCc1ccccc1. The van der Waals surface area contributed by atoms with Gasteiger partial charge in [-0.1, -0.05) is 48.5 Å². The first-order valence-corrected chi connectivity index (χ1v) is 10.3. The number of fused-ring (bicyclic) bond motifs is 2. The van der Waals surface area contributed by atoms with Gasteiger partial charge in [-0.2, -0.15) is 0 Å². The summed E-state index contributed by atoms with van der Waals surface area (Å²) < 4.78 is 5.39. The summed E-state index contributed by atoms with van der Waals surface area (Å²) in [6.07, 6.45) is 3.35. The number of para-hydroxylation sites is 1. The smallest absolute Gasteiger partial charge is 0.291 e. The van der Waals surface area contributed by atoms with E-state index < -0.39 is 5.41 Å². The van der Waals surface area contributed by atoms with Crippen LogP contribution in [-0.4, -0.2) is 34.3 Å². The molecule has 1 spiro atoms. The maximum Gasteiger partial charge on any atom is 0.291 e. The summed E-state index contributed by atoms with van der Waals surface area (Å²) in [6.45, 7) is 2.26. The number of benzene rings is 2. The van der Waals surface area contributed by atoms with Gasteiger partial charge in [0.2, 0.25) is 11.7 Å². The molecule has 3 aromatic rings. The highest BCUT2D eigenvalue weighted by molar-refractivity contribution is 6.08. The minimum Gasteiger partial charge on any atom is -0.438 e. The Morgan fingerprint density at radius 1 is 1.20 bits per heavy atom. The average Bonchev–Trinajstić information content (AvgIpc) is 3.44. The second-order valence-electron chi connectivity index (χ2n) is 8.03. The fourth-order valence-electron chi connectivity index (χ4n) is 5.03. The van der Waals surface area contributed by atoms with Gasteiger partial charge in [0.1, 0.15) is 0 Å². The molecule has 0 unspecified atom stereocenters. The van der Waals surface area contributed by atoms with Gasteiger partial charge in [-0.3, -0.25) is 9.59 Å². The standard InChI is InChI=1S/C24H23N3O3/c1-16-21(30-15-25-16)22(28)27-14-13-24(18-9-5-6-10-19(18)26-23(24)29)20(27)12-11-17-7-3-2-4-8-17/h2-10,15,20H,11-14H2,1H3,(H,26,29)/t20-,24-/m0/s1. The van der Waals surface area contributed by atoms with Crippen LogP contribution < -0.4 is 5.32 Å². The fourth-order valence-corrected chi connectivity index (χ4v) is 5.03. The lowest BCUT2D eigenvalue weighted by Crippen LogP contribution is -2.49. The monoisotopic (exact) mass is 401 g/mol. The number of carbonyl (C=O) groups is 2. The number of oxazole rings is 1. The number of amides is 2. The zero-order chi connectivity index (χ0) is 20.7. The molecular weight excluding hydrogens is 378 g/mol. The van der Waals surface area contributed by atoms with Crippen molar-refractivity contribution in [3.8, 4) is 0 Å². The number of nitrogens with one attached hydrogen (secondary N) is 1. The van der Waals surface area contributed by atoms with E-state index in [0.29, 0.717) is 25.1 Å². The van der Waals surface area contributed by atoms with E-state index in [4.69, 9.17) is 4.42 Å². The van der Waals surface area contributed by atoms with Crippen molar-refractivity contribution in [1.29, 1.82) is 0 Å². The van der Waals surface area contributed by atoms with E-state index in [1.165, 1.54) is 12.0 Å². The molecule has 1 fully saturated rings. The fraction of sp³-hybridized carbons (Fsp3) is 0.292. The van der Waals surface area contributed by atoms with Crippen LogP contribution in [0.4, 0.5) is 5.69 Å². The number of hydrogen-bond acceptors (Lipinski definition) is 4. The van der Waals surface area contributed by atoms with Crippen LogP contribution in [0.5, 0.6) is 0 Å². The maximum atomic E-state index is 13.4. The summed E-state index contributed by atoms with van der Waals surface area (Å²) in [4.78, 5) is 32.6. The van der Waals surface area contributed by atoms with E-state index in [-0.39, 0.29) is 23.6 Å². The van der Waals surface area contributed by atoms with Gasteiger partial charge in [0.25, 0.3) is 5.91 Å². The molecule has 0 saturated carbocycles. The molecule has 0 radical (unpaired) electrons. The van der Waals surface area contributed by atoms with E-state index in [9.17, 15) is 9.59 Å². The Morgan fingerprint density at radius 3 is 2.73 bits per heavy atom. The topological polar surface area (TPSA) is 75.4 Å². The summed E-state index contributed by atoms with van der Waals surface area (Å²) >= 11 is 0. The summed E-state index contributed by atoms with van der Waals surface area (Å²) in [5.74, 6) is 0.0342. The highest BCUT2D eigenvalue weighted by Crippen LogP contribution is 2.49. The molecule has 152 valence electrons. The van der Waals surface area contributed by atoms with E-state index in [0.717, 1.165) is 17.7 Å². The summed E-state index contributed by atoms with van der Waals surface area (Å²) in [5, 5.41) is 3.05. The molecule has 0 aliphatic carbocycles. The second kappa shape index (κ2) is 7.13. The lowest BCUT2D eigenvalue weighted by atomic mass is 9.73. The summed E-state index contributed by atoms with van der Waals surface area (Å²) in [6, 6.07) is 17.7. The van der Waals surface area contributed by atoms with Crippen LogP contribution in [0.15, 0.2) is 65.4 Å². The molecule has 2 aliphatic heterocycles. The van der Waals surface area contributed by atoms with Gasteiger partial charge in [0.05, 0.1) is 17.2 Å². The average molecular weight is 401 g/mol. The van der Waals surface area contributed by atoms with Crippen molar-refractivity contribution in [3.05, 3.63) is 83.6 Å². The predicted molar refractivity (Wildman–Crippen MR) is 112 cm³/mol. The Bertz CT molecular complexity index is 1110. The molecule has 30 heavy (non-hydrogen) atoms. The van der Waals surface area contributed by atoms with E-state index in [1.54, 1.807) is 6.92 Å². The Balaban J connectivity index is 1.55. The lowest BCUT2D eigenvalue weighted by molar-refractivity contribution is -0.121. The molecular formula is C24H23N3O3. The first kappa shape index (κ1) is 18.6. The maximum absolute atomic E-state index is 13.4. The largest absolute Gasteiger partial charge is 0.438 e. The molecule has 2 aromatic carbocycles. The number of aryl methyl sites for hydroxylation is 2. The van der Waals surface area contributed by atoms with E-state index in [2.05, 4.69) is 22.4 Å². The second-order valence-corrected chi connectivity index (χ2v) is 8.03. The van der Waals surface area contributed by atoms with Gasteiger partial charge in [-0.05, 0) is 43.4 Å². The van der Waals surface area contributed by atoms with Crippen LogP contribution >= 0.6 is 0 Å². The lowest BCUT2D eigenvalue weighted by Gasteiger charge is -2.34. The number of nitrogens with zero attached hydrogens (tertiary/aromatic N) is 2. The zero-order valence-corrected chi connectivity index (χ0v) is 16.8. The Kier molecular flexibility index (Phi) is 4.42. The molecule has 1 saturated heterocycles. The highest BCUT2D eigenvalue weighted by atomic mass is 16.3. The molecule has 2 atom stereocenters. The van der Waals surface area contributed by atoms with Crippen molar-refractivity contribution in [2.45, 2.75) is 37.6 Å². The number of anilines is 1. The third-order valence-corrected chi connectivity index (χ3v) is 6.50. The van der Waals surface area contributed by atoms with Crippen LogP contribution in [0.2, 0.25) is 0 Å². The number of likely N-dealkylation sites (tertiary alicyclic amines) is 1. The van der Waals surface area contributed by atoms with Crippen molar-refractivity contribution in [2.75, 3.05) is 11.9 Å². The molecule has 3 heterocycles. The molecule has 6 nitrogen and oxygen atoms in total. The van der Waals surface area contributed by atoms with Crippen LogP contribution in [-0.2, 0) is 16.6 Å². The Morgan fingerprint density at radius 2 is 1.97 bits per heavy atom. The van der Waals surface area contributed by atoms with Crippen molar-refractivity contribution in [1.82, 2.24) is 9.88 Å². The van der Waals surface area contributed by atoms with Gasteiger partial charge in [0, 0.05) is 12.2 Å². The number of carbonyl (C=O) groups excluding carboxylic acids is 2. The third-order valence-electron chi connectivity index (χ3n) is 6.50. The molecule has 5 rings (SSSR count). The van der Waals surface area contributed by atoms with E-state index in [1.807, 2.05) is 47.4 Å². The first-order valence-electron chi connectivity index (χ1n) is 10.3. The molecule has 2 aliphatic rings. The van der Waals surface area contributed by atoms with Crippen molar-refractivity contribution < 1.29 is 14.0 Å². The minimum absolute atomic E-state index is 0.0219. The van der Waals surface area contributed by atoms with Crippen LogP contribution in [0.1, 0.15) is 40.2 Å². The summed E-state index contributed by atoms with van der Waals surface area (Å²) in [7, 11) is 0. The third kappa shape index (κ3) is 2.75. The number of rotatable bonds is 4. The van der Waals surface area contributed by atoms with Crippen molar-refractivity contribution in [3.63, 3.8) is 0 Å². The van der Waals surface area contributed by atoms with Gasteiger partial charge < -0.3 is 14.6 Å². The molecule has 2 amide bonds. The zero-order valence-electron chi connectivity index (χ0n) is 16.8. The van der Waals surface area contributed by atoms with Gasteiger partial charge in [-0.15, -0.1) is 0 Å². The molecule has 0 bridgehead atoms. The Labute approximate surface area is 174 Å². The number of hydrogen-bond donors (Lipinski definition) is 1. The van der Waals surface area contributed by atoms with Crippen LogP contribution in [0.25, 0.3) is 0 Å². The minimum atomic E-state index is -0.741. The van der Waals surface area contributed by atoms with Gasteiger partial charge >= 0.3 is 0 Å². The Hall–Kier alpha value is -3.41. The van der Waals surface area contributed by atoms with E-state index >= 15 is 0 Å². The van der Waals surface area contributed by atoms with Crippen molar-refractivity contribution in [2.24, 2.45) is 0 Å². The van der Waals surface area contributed by atoms with Crippen LogP contribution in [0, 0.1) is 6.92 Å². The quantitative estimate of drug-likeness (QED) is 0.723. The molecule has 6 heteroatoms. The van der Waals surface area contributed by atoms with Crippen molar-refractivity contribution >= 4 is 17.5 Å². The first-order chi connectivity index (χ1) is 14.6. The van der Waals surface area contributed by atoms with Crippen LogP contribution in [0.3, 0.4) is 0 Å². The molecule has 1 N–H and O–H groups in total. The normalized spacial score (nSPS) is 22.4.